The molecule has 0 bridgehead atoms. The van der Waals surface area contributed by atoms with E-state index in [4.69, 9.17) is 4.74 Å². The summed E-state index contributed by atoms with van der Waals surface area (Å²) in [6.45, 7) is 2.56. The third-order valence-electron chi connectivity index (χ3n) is 6.31. The van der Waals surface area contributed by atoms with E-state index in [0.717, 1.165) is 31.2 Å². The molecule has 2 amide bonds. The van der Waals surface area contributed by atoms with Crippen molar-refractivity contribution in [3.05, 3.63) is 71.5 Å². The summed E-state index contributed by atoms with van der Waals surface area (Å²) >= 11 is 0. The van der Waals surface area contributed by atoms with Crippen molar-refractivity contribution in [3.8, 4) is 0 Å². The summed E-state index contributed by atoms with van der Waals surface area (Å²) in [6, 6.07) is 15.9. The first-order valence-electron chi connectivity index (χ1n) is 11.1. The van der Waals surface area contributed by atoms with Crippen molar-refractivity contribution in [2.45, 2.75) is 44.2 Å². The molecule has 31 heavy (non-hydrogen) atoms. The number of halogens is 1. The second-order valence-corrected chi connectivity index (χ2v) is 8.34. The molecule has 0 aliphatic carbocycles. The molecule has 2 heterocycles. The van der Waals surface area contributed by atoms with Crippen LogP contribution in [0.1, 0.15) is 41.6 Å². The van der Waals surface area contributed by atoms with Crippen LogP contribution in [-0.2, 0) is 16.0 Å². The van der Waals surface area contributed by atoms with E-state index < -0.39 is 0 Å². The van der Waals surface area contributed by atoms with E-state index in [-0.39, 0.29) is 29.7 Å². The van der Waals surface area contributed by atoms with Gasteiger partial charge in [0.15, 0.2) is 0 Å². The number of hydrogen-bond donors (Lipinski definition) is 0. The van der Waals surface area contributed by atoms with Gasteiger partial charge in [0.05, 0.1) is 6.42 Å². The molecule has 4 rings (SSSR count). The van der Waals surface area contributed by atoms with Gasteiger partial charge in [-0.15, -0.1) is 0 Å². The normalized spacial score (nSPS) is 18.0. The lowest BCUT2D eigenvalue weighted by Gasteiger charge is -2.43. The van der Waals surface area contributed by atoms with Crippen molar-refractivity contribution in [2.24, 2.45) is 0 Å². The summed E-state index contributed by atoms with van der Waals surface area (Å²) in [6.07, 6.45) is 3.62. The van der Waals surface area contributed by atoms with Crippen molar-refractivity contribution in [1.29, 1.82) is 0 Å². The molecular formula is C25H29FN2O3. The quantitative estimate of drug-likeness (QED) is 0.736. The maximum atomic E-state index is 13.3. The summed E-state index contributed by atoms with van der Waals surface area (Å²) in [4.78, 5) is 30.0. The molecule has 0 unspecified atom stereocenters. The van der Waals surface area contributed by atoms with Crippen LogP contribution in [0, 0.1) is 5.82 Å². The second-order valence-electron chi connectivity index (χ2n) is 8.34. The van der Waals surface area contributed by atoms with Crippen LogP contribution in [0.5, 0.6) is 0 Å². The molecule has 0 aromatic heterocycles. The van der Waals surface area contributed by atoms with Gasteiger partial charge in [-0.2, -0.15) is 0 Å². The fraction of sp³-hybridized carbons (Fsp3) is 0.440. The highest BCUT2D eigenvalue weighted by molar-refractivity contribution is 5.94. The molecule has 2 aromatic carbocycles. The Balaban J connectivity index is 1.43. The van der Waals surface area contributed by atoms with Gasteiger partial charge in [0.25, 0.3) is 5.91 Å². The monoisotopic (exact) mass is 424 g/mol. The van der Waals surface area contributed by atoms with E-state index in [1.165, 1.54) is 24.3 Å². The van der Waals surface area contributed by atoms with Crippen molar-refractivity contribution in [3.63, 3.8) is 0 Å². The summed E-state index contributed by atoms with van der Waals surface area (Å²) < 4.78 is 18.7. The minimum absolute atomic E-state index is 0.0771. The molecule has 2 aliphatic heterocycles. The van der Waals surface area contributed by atoms with Gasteiger partial charge in [-0.25, -0.2) is 4.39 Å². The van der Waals surface area contributed by atoms with Crippen molar-refractivity contribution in [2.75, 3.05) is 26.3 Å². The Kier molecular flexibility index (Phi) is 6.97. The molecule has 0 spiro atoms. The number of hydrogen-bond acceptors (Lipinski definition) is 3. The third kappa shape index (κ3) is 5.31. The Bertz CT molecular complexity index is 873. The van der Waals surface area contributed by atoms with Crippen molar-refractivity contribution < 1.29 is 18.7 Å². The van der Waals surface area contributed by atoms with Gasteiger partial charge < -0.3 is 14.5 Å². The number of amides is 2. The molecule has 2 aromatic rings. The Morgan fingerprint density at radius 2 is 1.52 bits per heavy atom. The lowest BCUT2D eigenvalue weighted by molar-refractivity contribution is -0.139. The molecule has 6 heteroatoms. The number of benzene rings is 2. The summed E-state index contributed by atoms with van der Waals surface area (Å²) in [7, 11) is 0. The SMILES string of the molecule is O=C(c1ccc(F)cc1)N1CCC(N(C(=O)Cc2ccccc2)C2CCOCC2)CC1. The first kappa shape index (κ1) is 21.5. The fourth-order valence-corrected chi connectivity index (χ4v) is 4.65. The Hall–Kier alpha value is -2.73. The molecule has 0 N–H and O–H groups in total. The Morgan fingerprint density at radius 3 is 2.16 bits per heavy atom. The number of carbonyl (C=O) groups is 2. The Morgan fingerprint density at radius 1 is 0.903 bits per heavy atom. The number of nitrogens with zero attached hydrogens (tertiary/aromatic N) is 2. The van der Waals surface area contributed by atoms with Crippen LogP contribution in [0.25, 0.3) is 0 Å². The zero-order chi connectivity index (χ0) is 21.6. The van der Waals surface area contributed by atoms with Gasteiger partial charge in [-0.05, 0) is 55.5 Å². The van der Waals surface area contributed by atoms with Crippen LogP contribution >= 0.6 is 0 Å². The number of piperidine rings is 1. The zero-order valence-corrected chi connectivity index (χ0v) is 17.7. The van der Waals surface area contributed by atoms with Crippen LogP contribution in [0.2, 0.25) is 0 Å². The van der Waals surface area contributed by atoms with E-state index in [0.29, 0.717) is 38.3 Å². The van der Waals surface area contributed by atoms with Crippen molar-refractivity contribution >= 4 is 11.8 Å². The van der Waals surface area contributed by atoms with Crippen LogP contribution < -0.4 is 0 Å². The maximum Gasteiger partial charge on any atom is 0.253 e. The van der Waals surface area contributed by atoms with Crippen LogP contribution in [-0.4, -0.2) is 60.0 Å². The maximum absolute atomic E-state index is 13.3. The lowest BCUT2D eigenvalue weighted by Crippen LogP contribution is -2.54. The molecule has 164 valence electrons. The highest BCUT2D eigenvalue weighted by Gasteiger charge is 2.34. The van der Waals surface area contributed by atoms with E-state index in [2.05, 4.69) is 4.90 Å². The lowest BCUT2D eigenvalue weighted by atomic mass is 9.96. The van der Waals surface area contributed by atoms with Gasteiger partial charge in [-0.3, -0.25) is 9.59 Å². The molecule has 2 aliphatic rings. The summed E-state index contributed by atoms with van der Waals surface area (Å²) in [5, 5.41) is 0. The molecule has 2 fully saturated rings. The third-order valence-corrected chi connectivity index (χ3v) is 6.31. The van der Waals surface area contributed by atoms with Crippen LogP contribution in [0.15, 0.2) is 54.6 Å². The van der Waals surface area contributed by atoms with Crippen molar-refractivity contribution in [1.82, 2.24) is 9.80 Å². The van der Waals surface area contributed by atoms with E-state index >= 15 is 0 Å². The standard InChI is InChI=1S/C25H29FN2O3/c26-21-8-6-20(7-9-21)25(30)27-14-10-22(11-15-27)28(23-12-16-31-17-13-23)24(29)18-19-4-2-1-3-5-19/h1-9,22-23H,10-18H2. The Labute approximate surface area is 182 Å². The van der Waals surface area contributed by atoms with Gasteiger partial charge in [-0.1, -0.05) is 30.3 Å². The number of carbonyl (C=O) groups excluding carboxylic acids is 2. The summed E-state index contributed by atoms with van der Waals surface area (Å²) in [5.74, 6) is -0.271. The average molecular weight is 425 g/mol. The van der Waals surface area contributed by atoms with Gasteiger partial charge in [0.1, 0.15) is 5.82 Å². The molecule has 5 nitrogen and oxygen atoms in total. The summed E-state index contributed by atoms with van der Waals surface area (Å²) in [5.41, 5.74) is 1.52. The molecule has 0 saturated carbocycles. The topological polar surface area (TPSA) is 49.9 Å². The first-order valence-corrected chi connectivity index (χ1v) is 11.1. The van der Waals surface area contributed by atoms with E-state index in [1.54, 1.807) is 0 Å². The van der Waals surface area contributed by atoms with Crippen LogP contribution in [0.3, 0.4) is 0 Å². The highest BCUT2D eigenvalue weighted by Crippen LogP contribution is 2.26. The van der Waals surface area contributed by atoms with Crippen LogP contribution in [0.4, 0.5) is 4.39 Å². The van der Waals surface area contributed by atoms with Gasteiger partial charge in [0, 0.05) is 44.0 Å². The number of rotatable bonds is 5. The number of likely N-dealkylation sites (tertiary alicyclic amines) is 1. The van der Waals surface area contributed by atoms with E-state index in [9.17, 15) is 14.0 Å². The number of ether oxygens (including phenoxy) is 1. The van der Waals surface area contributed by atoms with Gasteiger partial charge in [0.2, 0.25) is 5.91 Å². The second kappa shape index (κ2) is 10.1. The molecule has 2 saturated heterocycles. The first-order chi connectivity index (χ1) is 15.1. The average Bonchev–Trinajstić information content (AvgIpc) is 2.81. The van der Waals surface area contributed by atoms with E-state index in [1.807, 2.05) is 35.2 Å². The minimum atomic E-state index is -0.348. The molecule has 0 atom stereocenters. The predicted molar refractivity (Wildman–Crippen MR) is 116 cm³/mol. The largest absolute Gasteiger partial charge is 0.381 e. The highest BCUT2D eigenvalue weighted by atomic mass is 19.1. The fourth-order valence-electron chi connectivity index (χ4n) is 4.65. The minimum Gasteiger partial charge on any atom is -0.381 e. The smallest absolute Gasteiger partial charge is 0.253 e. The molecular weight excluding hydrogens is 395 g/mol. The van der Waals surface area contributed by atoms with Gasteiger partial charge >= 0.3 is 0 Å². The zero-order valence-electron chi connectivity index (χ0n) is 17.7. The predicted octanol–water partition coefficient (Wildman–Crippen LogP) is 3.68. The molecule has 0 radical (unpaired) electrons.